The van der Waals surface area contributed by atoms with Crippen LogP contribution in [-0.2, 0) is 37.7 Å². The van der Waals surface area contributed by atoms with Gasteiger partial charge >= 0.3 is 0 Å². The van der Waals surface area contributed by atoms with E-state index in [4.69, 9.17) is 14.8 Å². The topological polar surface area (TPSA) is 56.9 Å². The highest BCUT2D eigenvalue weighted by Gasteiger charge is 2.29. The summed E-state index contributed by atoms with van der Waals surface area (Å²) in [4.78, 5) is 4.70. The highest BCUT2D eigenvalue weighted by Crippen LogP contribution is 2.30. The van der Waals surface area contributed by atoms with Crippen molar-refractivity contribution in [3.05, 3.63) is 35.2 Å². The minimum Gasteiger partial charge on any atom is -0.381 e. The Hall–Kier alpha value is -1.66. The molecule has 2 aromatic heterocycles. The molecule has 1 N–H and O–H groups in total. The molecule has 1 atom stereocenters. The number of nitrogens with one attached hydrogen (secondary N) is 1. The van der Waals surface area contributed by atoms with E-state index in [1.54, 1.807) is 0 Å². The Morgan fingerprint density at radius 2 is 2.00 bits per heavy atom. The van der Waals surface area contributed by atoms with Crippen LogP contribution in [0.15, 0.2) is 12.4 Å². The van der Waals surface area contributed by atoms with E-state index in [1.807, 2.05) is 10.9 Å². The van der Waals surface area contributed by atoms with E-state index >= 15 is 0 Å². The van der Waals surface area contributed by atoms with Crippen LogP contribution in [-0.4, -0.2) is 32.5 Å². The Balaban J connectivity index is 1.85. The SMILES string of the molecule is CCc1nn(C)c(CC)c1CN[C@@H](c1nccn1CC)C1CCOCC1. The summed E-state index contributed by atoms with van der Waals surface area (Å²) in [6, 6.07) is 0.253. The second-order valence-electron chi connectivity index (χ2n) is 7.08. The molecule has 0 spiro atoms. The van der Waals surface area contributed by atoms with Crippen LogP contribution in [0, 0.1) is 5.92 Å². The average molecular weight is 360 g/mol. The molecule has 2 aromatic rings. The standard InChI is InChI=1S/C20H33N5O/c1-5-17-16(18(6-2)24(4)23-17)14-22-19(15-8-12-26-13-9-15)20-21-10-11-25(20)7-3/h10-11,15,19,22H,5-9,12-14H2,1-4H3/t19-/m1/s1. The number of nitrogens with zero attached hydrogens (tertiary/aromatic N) is 4. The van der Waals surface area contributed by atoms with E-state index in [2.05, 4.69) is 43.9 Å². The van der Waals surface area contributed by atoms with Gasteiger partial charge in [-0.05, 0) is 38.5 Å². The molecule has 0 amide bonds. The van der Waals surface area contributed by atoms with Crippen LogP contribution < -0.4 is 5.32 Å². The number of imidazole rings is 1. The lowest BCUT2D eigenvalue weighted by molar-refractivity contribution is 0.0517. The molecule has 6 nitrogen and oxygen atoms in total. The number of aromatic nitrogens is 4. The second-order valence-corrected chi connectivity index (χ2v) is 7.08. The van der Waals surface area contributed by atoms with Crippen molar-refractivity contribution in [2.45, 2.75) is 65.6 Å². The van der Waals surface area contributed by atoms with Crippen LogP contribution in [0.1, 0.15) is 62.4 Å². The van der Waals surface area contributed by atoms with Crippen LogP contribution in [0.25, 0.3) is 0 Å². The summed E-state index contributed by atoms with van der Waals surface area (Å²) >= 11 is 0. The number of rotatable bonds is 8. The summed E-state index contributed by atoms with van der Waals surface area (Å²) in [6.45, 7) is 10.1. The molecule has 0 aromatic carbocycles. The summed E-state index contributed by atoms with van der Waals surface area (Å²) in [7, 11) is 2.06. The van der Waals surface area contributed by atoms with Gasteiger partial charge in [0.1, 0.15) is 5.82 Å². The molecule has 0 aliphatic carbocycles. The fraction of sp³-hybridized carbons (Fsp3) is 0.700. The molecule has 1 saturated heterocycles. The molecule has 0 radical (unpaired) electrons. The largest absolute Gasteiger partial charge is 0.381 e. The smallest absolute Gasteiger partial charge is 0.126 e. The maximum atomic E-state index is 5.59. The van der Waals surface area contributed by atoms with Gasteiger partial charge in [0.2, 0.25) is 0 Å². The first-order chi connectivity index (χ1) is 12.7. The maximum absolute atomic E-state index is 5.59. The first kappa shape index (κ1) is 19.1. The molecule has 3 rings (SSSR count). The van der Waals surface area contributed by atoms with Gasteiger partial charge in [-0.3, -0.25) is 4.68 Å². The molecular weight excluding hydrogens is 326 g/mol. The van der Waals surface area contributed by atoms with Gasteiger partial charge in [-0.15, -0.1) is 0 Å². The van der Waals surface area contributed by atoms with Crippen LogP contribution in [0.3, 0.4) is 0 Å². The Morgan fingerprint density at radius 3 is 2.65 bits per heavy atom. The third-order valence-corrected chi connectivity index (χ3v) is 5.63. The van der Waals surface area contributed by atoms with E-state index < -0.39 is 0 Å². The van der Waals surface area contributed by atoms with E-state index in [9.17, 15) is 0 Å². The molecular formula is C20H33N5O. The van der Waals surface area contributed by atoms with Crippen molar-refractivity contribution < 1.29 is 4.74 Å². The van der Waals surface area contributed by atoms with Crippen molar-refractivity contribution in [2.24, 2.45) is 13.0 Å². The summed E-state index contributed by atoms with van der Waals surface area (Å²) in [5.74, 6) is 1.71. The van der Waals surface area contributed by atoms with Crippen LogP contribution in [0.2, 0.25) is 0 Å². The normalized spacial score (nSPS) is 16.9. The molecule has 0 bridgehead atoms. The zero-order chi connectivity index (χ0) is 18.5. The summed E-state index contributed by atoms with van der Waals surface area (Å²) in [6.07, 6.45) is 8.15. The van der Waals surface area contributed by atoms with Gasteiger partial charge < -0.3 is 14.6 Å². The second kappa shape index (κ2) is 8.82. The molecule has 144 valence electrons. The van der Waals surface area contributed by atoms with E-state index in [1.165, 1.54) is 17.0 Å². The van der Waals surface area contributed by atoms with Crippen molar-refractivity contribution in [2.75, 3.05) is 13.2 Å². The quantitative estimate of drug-likeness (QED) is 0.787. The first-order valence-electron chi connectivity index (χ1n) is 10.0. The molecule has 0 unspecified atom stereocenters. The third kappa shape index (κ3) is 3.86. The van der Waals surface area contributed by atoms with Crippen molar-refractivity contribution >= 4 is 0 Å². The lowest BCUT2D eigenvalue weighted by Gasteiger charge is -2.31. The lowest BCUT2D eigenvalue weighted by atomic mass is 9.90. The molecule has 1 aliphatic rings. The van der Waals surface area contributed by atoms with Crippen molar-refractivity contribution in [3.63, 3.8) is 0 Å². The van der Waals surface area contributed by atoms with Crippen LogP contribution in [0.5, 0.6) is 0 Å². The predicted molar refractivity (Wildman–Crippen MR) is 103 cm³/mol. The van der Waals surface area contributed by atoms with Gasteiger partial charge in [0.25, 0.3) is 0 Å². The van der Waals surface area contributed by atoms with Crippen LogP contribution >= 0.6 is 0 Å². The summed E-state index contributed by atoms with van der Waals surface area (Å²) < 4.78 is 9.90. The molecule has 1 fully saturated rings. The van der Waals surface area contributed by atoms with Gasteiger partial charge in [0.15, 0.2) is 0 Å². The van der Waals surface area contributed by atoms with Gasteiger partial charge in [-0.25, -0.2) is 4.98 Å². The molecule has 1 aliphatic heterocycles. The van der Waals surface area contributed by atoms with Gasteiger partial charge in [-0.1, -0.05) is 13.8 Å². The molecule has 6 heteroatoms. The fourth-order valence-electron chi connectivity index (χ4n) is 4.19. The average Bonchev–Trinajstić information content (AvgIpc) is 3.26. The van der Waals surface area contributed by atoms with E-state index in [0.717, 1.165) is 57.8 Å². The molecule has 26 heavy (non-hydrogen) atoms. The first-order valence-corrected chi connectivity index (χ1v) is 10.0. The Bertz CT molecular complexity index is 699. The number of hydrogen-bond acceptors (Lipinski definition) is 4. The van der Waals surface area contributed by atoms with Crippen molar-refractivity contribution in [3.8, 4) is 0 Å². The summed E-state index contributed by atoms with van der Waals surface area (Å²) in [5, 5.41) is 8.58. The van der Waals surface area contributed by atoms with Gasteiger partial charge in [-0.2, -0.15) is 5.10 Å². The zero-order valence-corrected chi connectivity index (χ0v) is 16.7. The molecule has 3 heterocycles. The predicted octanol–water partition coefficient (Wildman–Crippen LogP) is 3.02. The van der Waals surface area contributed by atoms with E-state index in [0.29, 0.717) is 5.92 Å². The van der Waals surface area contributed by atoms with Gasteiger partial charge in [0, 0.05) is 57.0 Å². The van der Waals surface area contributed by atoms with Gasteiger partial charge in [0.05, 0.1) is 11.7 Å². The Kier molecular flexibility index (Phi) is 6.48. The minimum atomic E-state index is 0.253. The Labute approximate surface area is 157 Å². The van der Waals surface area contributed by atoms with Crippen molar-refractivity contribution in [1.82, 2.24) is 24.6 Å². The molecule has 0 saturated carbocycles. The fourth-order valence-corrected chi connectivity index (χ4v) is 4.19. The maximum Gasteiger partial charge on any atom is 0.126 e. The lowest BCUT2D eigenvalue weighted by Crippen LogP contribution is -2.34. The highest BCUT2D eigenvalue weighted by atomic mass is 16.5. The Morgan fingerprint density at radius 1 is 1.23 bits per heavy atom. The number of aryl methyl sites for hydroxylation is 3. The number of ether oxygens (including phenoxy) is 1. The van der Waals surface area contributed by atoms with Crippen molar-refractivity contribution in [1.29, 1.82) is 0 Å². The monoisotopic (exact) mass is 359 g/mol. The number of hydrogen-bond donors (Lipinski definition) is 1. The highest BCUT2D eigenvalue weighted by molar-refractivity contribution is 5.27. The van der Waals surface area contributed by atoms with Crippen LogP contribution in [0.4, 0.5) is 0 Å². The summed E-state index contributed by atoms with van der Waals surface area (Å²) in [5.41, 5.74) is 3.91. The van der Waals surface area contributed by atoms with E-state index in [-0.39, 0.29) is 6.04 Å². The minimum absolute atomic E-state index is 0.253. The third-order valence-electron chi connectivity index (χ3n) is 5.63. The zero-order valence-electron chi connectivity index (χ0n) is 16.7.